The van der Waals surface area contributed by atoms with E-state index in [9.17, 15) is 35.9 Å². The molecule has 5 nitrogen and oxygen atoms in total. The lowest BCUT2D eigenvalue weighted by molar-refractivity contribution is -0.322. The number of rotatable bonds is 13. The van der Waals surface area contributed by atoms with E-state index in [0.717, 1.165) is 48.9 Å². The summed E-state index contributed by atoms with van der Waals surface area (Å²) < 4.78 is 97.9. The smallest absolute Gasteiger partial charge is 0.378 e. The normalized spacial score (nSPS) is 12.4. The van der Waals surface area contributed by atoms with E-state index in [2.05, 4.69) is 23.0 Å². The summed E-state index contributed by atoms with van der Waals surface area (Å²) in [6, 6.07) is 10.8. The molecule has 0 fully saturated rings. The van der Waals surface area contributed by atoms with Crippen LogP contribution in [0.3, 0.4) is 0 Å². The lowest BCUT2D eigenvalue weighted by atomic mass is 9.97. The quantitative estimate of drug-likeness (QED) is 0.0700. The predicted octanol–water partition coefficient (Wildman–Crippen LogP) is 7.52. The molecule has 1 aromatic heterocycles. The molecule has 3 aromatic rings. The molecule has 216 valence electrons. The molecule has 0 saturated heterocycles. The molecule has 0 amide bonds. The molecule has 0 bridgehead atoms. The van der Waals surface area contributed by atoms with Gasteiger partial charge in [0, 0.05) is 17.5 Å². The van der Waals surface area contributed by atoms with Gasteiger partial charge in [0.15, 0.2) is 13.2 Å². The van der Waals surface area contributed by atoms with E-state index in [-0.39, 0.29) is 11.1 Å². The zero-order valence-electron chi connectivity index (χ0n) is 21.9. The third-order valence-corrected chi connectivity index (χ3v) is 6.26. The fraction of sp³-hybridized carbons (Fsp3) is 0.379. The number of carbonyl (C=O) groups excluding carboxylic acids is 1. The van der Waals surface area contributed by atoms with Gasteiger partial charge in [-0.1, -0.05) is 44.5 Å². The number of esters is 1. The minimum absolute atomic E-state index is 0.0863. The zero-order valence-corrected chi connectivity index (χ0v) is 21.9. The number of unbranched alkanes of at least 4 members (excludes halogenated alkanes) is 2. The number of hydrogen-bond donors (Lipinski definition) is 0. The fourth-order valence-electron chi connectivity index (χ4n) is 3.98. The zero-order chi connectivity index (χ0) is 29.7. The number of benzene rings is 2. The van der Waals surface area contributed by atoms with Gasteiger partial charge in [-0.05, 0) is 54.7 Å². The summed E-state index contributed by atoms with van der Waals surface area (Å²) in [6.07, 6.45) is 4.59. The molecule has 0 aliphatic rings. The molecule has 0 saturated carbocycles. The Balaban J connectivity index is 1.78. The van der Waals surface area contributed by atoms with E-state index in [0.29, 0.717) is 17.0 Å². The van der Waals surface area contributed by atoms with E-state index >= 15 is 0 Å². The highest BCUT2D eigenvalue weighted by Gasteiger charge is 2.72. The maximum absolute atomic E-state index is 14.2. The van der Waals surface area contributed by atoms with Crippen LogP contribution in [0, 0.1) is 6.92 Å². The highest BCUT2D eigenvalue weighted by molar-refractivity contribution is 5.83. The summed E-state index contributed by atoms with van der Waals surface area (Å²) in [7, 11) is 0. The Morgan fingerprint density at radius 3 is 2.30 bits per heavy atom. The average molecular weight is 571 g/mol. The van der Waals surface area contributed by atoms with Gasteiger partial charge in [-0.25, -0.2) is 9.59 Å². The lowest BCUT2D eigenvalue weighted by Crippen LogP contribution is -2.58. The standard InChI is InChI=1S/C29H28F6O5/c1-4-6-7-8-19-9-12-22(18(3)13-19)23-14-20-10-11-21(15-24(20)40-26(23)37)38-16-27(30,31)29(34,35)28(32,33)17-39-25(36)5-2/h5,9-15H,2,4,6-8,16-17H2,1,3H3. The molecule has 0 spiro atoms. The Kier molecular flexibility index (Phi) is 9.37. The summed E-state index contributed by atoms with van der Waals surface area (Å²) in [5, 5.41) is 0.390. The van der Waals surface area contributed by atoms with Crippen molar-refractivity contribution in [2.75, 3.05) is 13.2 Å². The van der Waals surface area contributed by atoms with Crippen molar-refractivity contribution in [2.45, 2.75) is 57.3 Å². The lowest BCUT2D eigenvalue weighted by Gasteiger charge is -2.32. The summed E-state index contributed by atoms with van der Waals surface area (Å²) in [4.78, 5) is 23.6. The van der Waals surface area contributed by atoms with E-state index in [1.54, 1.807) is 0 Å². The van der Waals surface area contributed by atoms with Gasteiger partial charge in [-0.2, -0.15) is 26.3 Å². The van der Waals surface area contributed by atoms with Gasteiger partial charge in [0.05, 0.1) is 5.56 Å². The molecule has 11 heteroatoms. The minimum atomic E-state index is -5.93. The van der Waals surface area contributed by atoms with Crippen molar-refractivity contribution >= 4 is 16.9 Å². The van der Waals surface area contributed by atoms with Crippen molar-refractivity contribution in [1.29, 1.82) is 0 Å². The second-order valence-electron chi connectivity index (χ2n) is 9.34. The molecule has 2 aromatic carbocycles. The van der Waals surface area contributed by atoms with E-state index in [1.807, 2.05) is 25.1 Å². The second-order valence-corrected chi connectivity index (χ2v) is 9.34. The van der Waals surface area contributed by atoms with Crippen LogP contribution in [0.5, 0.6) is 5.75 Å². The number of carbonyl (C=O) groups is 1. The van der Waals surface area contributed by atoms with Crippen molar-refractivity contribution in [3.05, 3.63) is 76.7 Å². The van der Waals surface area contributed by atoms with Crippen LogP contribution in [-0.2, 0) is 16.0 Å². The Bertz CT molecular complexity index is 1430. The molecule has 0 radical (unpaired) electrons. The Morgan fingerprint density at radius 2 is 1.65 bits per heavy atom. The third-order valence-electron chi connectivity index (χ3n) is 6.26. The summed E-state index contributed by atoms with van der Waals surface area (Å²) >= 11 is 0. The number of fused-ring (bicyclic) bond motifs is 1. The molecule has 0 unspecified atom stereocenters. The maximum atomic E-state index is 14.2. The topological polar surface area (TPSA) is 65.7 Å². The summed E-state index contributed by atoms with van der Waals surface area (Å²) in [5.74, 6) is -18.6. The van der Waals surface area contributed by atoms with Crippen molar-refractivity contribution in [1.82, 2.24) is 0 Å². The molecule has 40 heavy (non-hydrogen) atoms. The second kappa shape index (κ2) is 12.2. The molecule has 0 aliphatic carbocycles. The predicted molar refractivity (Wildman–Crippen MR) is 137 cm³/mol. The molecule has 3 rings (SSSR count). The number of halogens is 6. The maximum Gasteiger partial charge on any atom is 0.378 e. The van der Waals surface area contributed by atoms with Crippen LogP contribution in [0.25, 0.3) is 22.1 Å². The van der Waals surface area contributed by atoms with Crippen molar-refractivity contribution < 1.29 is 45.0 Å². The number of aryl methyl sites for hydroxylation is 2. The third kappa shape index (κ3) is 6.68. The fourth-order valence-corrected chi connectivity index (χ4v) is 3.98. The first-order valence-corrected chi connectivity index (χ1v) is 12.5. The van der Waals surface area contributed by atoms with Gasteiger partial charge in [0.25, 0.3) is 0 Å². The van der Waals surface area contributed by atoms with Crippen LogP contribution in [0.15, 0.2) is 64.3 Å². The highest BCUT2D eigenvalue weighted by atomic mass is 19.3. The first-order chi connectivity index (χ1) is 18.7. The van der Waals surface area contributed by atoms with Gasteiger partial charge < -0.3 is 13.9 Å². The molecule has 0 aliphatic heterocycles. The first-order valence-electron chi connectivity index (χ1n) is 12.5. The Morgan fingerprint density at radius 1 is 0.950 bits per heavy atom. The van der Waals surface area contributed by atoms with Crippen molar-refractivity contribution in [3.63, 3.8) is 0 Å². The van der Waals surface area contributed by atoms with Crippen LogP contribution >= 0.6 is 0 Å². The monoisotopic (exact) mass is 570 g/mol. The summed E-state index contributed by atoms with van der Waals surface area (Å²) in [5.41, 5.74) is 2.11. The van der Waals surface area contributed by atoms with Gasteiger partial charge >= 0.3 is 29.4 Å². The number of hydrogen-bond acceptors (Lipinski definition) is 5. The average Bonchev–Trinajstić information content (AvgIpc) is 2.90. The van der Waals surface area contributed by atoms with Crippen LogP contribution in [-0.4, -0.2) is 37.0 Å². The Hall–Kier alpha value is -3.76. The van der Waals surface area contributed by atoms with Crippen LogP contribution in [0.4, 0.5) is 26.3 Å². The van der Waals surface area contributed by atoms with E-state index in [1.165, 1.54) is 12.1 Å². The van der Waals surface area contributed by atoms with Gasteiger partial charge in [0.1, 0.15) is 11.3 Å². The number of alkyl halides is 6. The van der Waals surface area contributed by atoms with Gasteiger partial charge in [0.2, 0.25) is 0 Å². The first kappa shape index (κ1) is 30.8. The SMILES string of the molecule is C=CC(=O)OCC(F)(F)C(F)(F)C(F)(F)COc1ccc2cc(-c3ccc(CCCCC)cc3C)c(=O)oc2c1. The highest BCUT2D eigenvalue weighted by Crippen LogP contribution is 2.46. The van der Waals surface area contributed by atoms with Crippen LogP contribution < -0.4 is 10.4 Å². The molecular formula is C29H28F6O5. The van der Waals surface area contributed by atoms with Gasteiger partial charge in [-0.3, -0.25) is 0 Å². The summed E-state index contributed by atoms with van der Waals surface area (Å²) in [6.45, 7) is 2.46. The van der Waals surface area contributed by atoms with Crippen molar-refractivity contribution in [3.8, 4) is 16.9 Å². The van der Waals surface area contributed by atoms with Gasteiger partial charge in [-0.15, -0.1) is 0 Å². The number of ether oxygens (including phenoxy) is 2. The largest absolute Gasteiger partial charge is 0.487 e. The van der Waals surface area contributed by atoms with Crippen molar-refractivity contribution in [2.24, 2.45) is 0 Å². The van der Waals surface area contributed by atoms with E-state index < -0.39 is 48.3 Å². The molecule has 1 heterocycles. The van der Waals surface area contributed by atoms with Crippen LogP contribution in [0.2, 0.25) is 0 Å². The molecular weight excluding hydrogens is 542 g/mol. The molecule has 0 atom stereocenters. The minimum Gasteiger partial charge on any atom is -0.487 e. The van der Waals surface area contributed by atoms with E-state index in [4.69, 9.17) is 4.42 Å². The Labute approximate surface area is 226 Å². The van der Waals surface area contributed by atoms with Crippen LogP contribution in [0.1, 0.15) is 37.3 Å². The molecule has 0 N–H and O–H groups in total.